The van der Waals surface area contributed by atoms with Crippen molar-refractivity contribution in [3.63, 3.8) is 0 Å². The molecule has 0 saturated heterocycles. The van der Waals surface area contributed by atoms with Crippen LogP contribution in [0.4, 0.5) is 0 Å². The van der Waals surface area contributed by atoms with E-state index < -0.39 is 0 Å². The van der Waals surface area contributed by atoms with E-state index in [0.29, 0.717) is 0 Å². The van der Waals surface area contributed by atoms with E-state index in [4.69, 9.17) is 0 Å². The quantitative estimate of drug-likeness (QED) is 0.370. The fraction of sp³-hybridized carbons (Fsp3) is 0.333. The highest BCUT2D eigenvalue weighted by Gasteiger charge is 1.53. The summed E-state index contributed by atoms with van der Waals surface area (Å²) in [5.41, 5.74) is 0. The summed E-state index contributed by atoms with van der Waals surface area (Å²) >= 11 is 3.79. The van der Waals surface area contributed by atoms with Gasteiger partial charge in [-0.15, -0.1) is 0 Å². The highest BCUT2D eigenvalue weighted by Crippen LogP contribution is 1.77. The summed E-state index contributed by atoms with van der Waals surface area (Å²) in [6, 6.07) is 0.892. The number of rotatable bonds is 1. The molecular weight excluding hydrogens is 96.2 g/mol. The maximum absolute atomic E-state index is 3.79. The summed E-state index contributed by atoms with van der Waals surface area (Å²) in [5.74, 6) is 0. The average Bonchev–Trinajstić information content (AvgIpc) is 1.41. The van der Waals surface area contributed by atoms with Crippen LogP contribution in [-0.4, -0.2) is 10.2 Å². The van der Waals surface area contributed by atoms with Gasteiger partial charge in [0.05, 0.1) is 0 Å². The molecule has 0 spiro atoms. The van der Waals surface area contributed by atoms with Gasteiger partial charge in [-0.2, -0.15) is 12.6 Å². The SMILES string of the molecule is [Si]CC=CS. The number of hydrogen-bond acceptors (Lipinski definition) is 1. The van der Waals surface area contributed by atoms with Gasteiger partial charge in [0.2, 0.25) is 0 Å². The zero-order valence-electron chi connectivity index (χ0n) is 2.81. The van der Waals surface area contributed by atoms with Crippen molar-refractivity contribution in [2.75, 3.05) is 0 Å². The van der Waals surface area contributed by atoms with Crippen molar-refractivity contribution < 1.29 is 0 Å². The molecule has 0 bridgehead atoms. The molecule has 0 N–H and O–H groups in total. The molecule has 27 valence electrons. The van der Waals surface area contributed by atoms with Crippen molar-refractivity contribution in [3.05, 3.63) is 11.5 Å². The predicted octanol–water partition coefficient (Wildman–Crippen LogP) is 1.02. The van der Waals surface area contributed by atoms with Crippen molar-refractivity contribution in [3.8, 4) is 0 Å². The molecule has 0 rings (SSSR count). The summed E-state index contributed by atoms with van der Waals surface area (Å²) in [7, 11) is 3.21. The van der Waals surface area contributed by atoms with E-state index in [2.05, 4.69) is 22.9 Å². The summed E-state index contributed by atoms with van der Waals surface area (Å²) < 4.78 is 0. The van der Waals surface area contributed by atoms with Gasteiger partial charge in [-0.05, 0) is 11.5 Å². The van der Waals surface area contributed by atoms with Gasteiger partial charge < -0.3 is 0 Å². The van der Waals surface area contributed by atoms with Crippen LogP contribution in [0.2, 0.25) is 6.04 Å². The maximum atomic E-state index is 3.79. The van der Waals surface area contributed by atoms with E-state index in [1.165, 1.54) is 0 Å². The number of hydrogen-bond donors (Lipinski definition) is 1. The van der Waals surface area contributed by atoms with Crippen molar-refractivity contribution in [2.24, 2.45) is 0 Å². The zero-order valence-corrected chi connectivity index (χ0v) is 4.70. The smallest absolute Gasteiger partial charge is 0.0275 e. The van der Waals surface area contributed by atoms with E-state index >= 15 is 0 Å². The third-order valence-electron chi connectivity index (χ3n) is 0.223. The second-order valence-electron chi connectivity index (χ2n) is 0.589. The van der Waals surface area contributed by atoms with E-state index in [1.54, 1.807) is 5.41 Å². The second kappa shape index (κ2) is 4.31. The van der Waals surface area contributed by atoms with Gasteiger partial charge in [-0.25, -0.2) is 0 Å². The molecule has 0 heterocycles. The lowest BCUT2D eigenvalue weighted by Gasteiger charge is -1.63. The first-order valence-corrected chi connectivity index (χ1v) is 2.58. The van der Waals surface area contributed by atoms with Crippen LogP contribution in [0.3, 0.4) is 0 Å². The molecule has 0 fully saturated rings. The van der Waals surface area contributed by atoms with Gasteiger partial charge in [0, 0.05) is 10.2 Å². The monoisotopic (exact) mass is 101 g/mol. The average molecular weight is 101 g/mol. The van der Waals surface area contributed by atoms with E-state index in [0.717, 1.165) is 6.04 Å². The van der Waals surface area contributed by atoms with Gasteiger partial charge in [0.25, 0.3) is 0 Å². The Kier molecular flexibility index (Phi) is 4.57. The second-order valence-corrected chi connectivity index (χ2v) is 1.30. The molecule has 0 aliphatic carbocycles. The molecule has 0 aromatic rings. The minimum Gasteiger partial charge on any atom is -0.152 e. The van der Waals surface area contributed by atoms with E-state index in [-0.39, 0.29) is 0 Å². The van der Waals surface area contributed by atoms with Crippen LogP contribution in [-0.2, 0) is 0 Å². The normalized spacial score (nSPS) is 10.0. The van der Waals surface area contributed by atoms with Crippen LogP contribution >= 0.6 is 12.6 Å². The molecule has 5 heavy (non-hydrogen) atoms. The first-order chi connectivity index (χ1) is 2.41. The van der Waals surface area contributed by atoms with Crippen molar-refractivity contribution >= 4 is 22.9 Å². The molecule has 0 aromatic heterocycles. The Hall–Kier alpha value is 0.307. The third kappa shape index (κ3) is 4.31. The summed E-state index contributed by atoms with van der Waals surface area (Å²) in [6.45, 7) is 0. The highest BCUT2D eigenvalue weighted by atomic mass is 32.1. The molecule has 0 nitrogen and oxygen atoms in total. The lowest BCUT2D eigenvalue weighted by Crippen LogP contribution is -1.50. The topological polar surface area (TPSA) is 0 Å². The molecule has 0 aromatic carbocycles. The number of thiol groups is 1. The Morgan fingerprint density at radius 3 is 2.40 bits per heavy atom. The fourth-order valence-electron chi connectivity index (χ4n) is 0.0527. The largest absolute Gasteiger partial charge is 0.152 e. The molecule has 2 heteroatoms. The maximum Gasteiger partial charge on any atom is 0.0275 e. The zero-order chi connectivity index (χ0) is 4.12. The Labute approximate surface area is 41.1 Å². The molecule has 0 amide bonds. The van der Waals surface area contributed by atoms with Crippen LogP contribution < -0.4 is 0 Å². The van der Waals surface area contributed by atoms with Crippen molar-refractivity contribution in [1.29, 1.82) is 0 Å². The van der Waals surface area contributed by atoms with Gasteiger partial charge in [0.15, 0.2) is 0 Å². The van der Waals surface area contributed by atoms with Crippen LogP contribution in [0.15, 0.2) is 11.5 Å². The van der Waals surface area contributed by atoms with E-state index in [1.807, 2.05) is 6.08 Å². The first kappa shape index (κ1) is 5.31. The fourth-order valence-corrected chi connectivity index (χ4v) is 0.474. The van der Waals surface area contributed by atoms with Crippen molar-refractivity contribution in [2.45, 2.75) is 6.04 Å². The molecule has 0 saturated carbocycles. The standard InChI is InChI=1S/C3H5SSi/c4-2-1-3-5/h1-2,4H,3H2. The Balaban J connectivity index is 2.62. The Morgan fingerprint density at radius 1 is 1.80 bits per heavy atom. The van der Waals surface area contributed by atoms with Crippen LogP contribution in [0.5, 0.6) is 0 Å². The summed E-state index contributed by atoms with van der Waals surface area (Å²) in [4.78, 5) is 0. The lowest BCUT2D eigenvalue weighted by molar-refractivity contribution is 1.75. The Morgan fingerprint density at radius 2 is 2.40 bits per heavy atom. The molecule has 0 atom stereocenters. The van der Waals surface area contributed by atoms with Crippen LogP contribution in [0.25, 0.3) is 0 Å². The van der Waals surface area contributed by atoms with Gasteiger partial charge in [-0.3, -0.25) is 0 Å². The minimum atomic E-state index is 0.892. The van der Waals surface area contributed by atoms with Crippen LogP contribution in [0, 0.1) is 0 Å². The molecule has 0 aliphatic rings. The van der Waals surface area contributed by atoms with E-state index in [9.17, 15) is 0 Å². The van der Waals surface area contributed by atoms with Gasteiger partial charge in [-0.1, -0.05) is 6.08 Å². The molecular formula is C3H5SSi. The van der Waals surface area contributed by atoms with Gasteiger partial charge in [0.1, 0.15) is 0 Å². The highest BCUT2D eigenvalue weighted by molar-refractivity contribution is 7.83. The summed E-state index contributed by atoms with van der Waals surface area (Å²) in [6.07, 6.45) is 1.90. The predicted molar refractivity (Wildman–Crippen MR) is 28.7 cm³/mol. The summed E-state index contributed by atoms with van der Waals surface area (Å²) in [5, 5.41) is 1.70. The van der Waals surface area contributed by atoms with Gasteiger partial charge >= 0.3 is 0 Å². The van der Waals surface area contributed by atoms with Crippen molar-refractivity contribution in [1.82, 2.24) is 0 Å². The molecule has 0 unspecified atom stereocenters. The Bertz CT molecular complexity index is 33.9. The first-order valence-electron chi connectivity index (χ1n) is 1.35. The minimum absolute atomic E-state index is 0.892. The third-order valence-corrected chi connectivity index (χ3v) is 0.670. The molecule has 0 aliphatic heterocycles. The van der Waals surface area contributed by atoms with Crippen LogP contribution in [0.1, 0.15) is 0 Å². The number of allylic oxidation sites excluding steroid dienone is 1. The lowest BCUT2D eigenvalue weighted by atomic mass is 10.8. The molecule has 3 radical (unpaired) electrons.